The molecule has 3 heteroatoms. The number of hydrogen-bond donors (Lipinski definition) is 2. The van der Waals surface area contributed by atoms with Crippen LogP contribution in [0.3, 0.4) is 0 Å². The Balaban J connectivity index is 2.26. The molecule has 3 nitrogen and oxygen atoms in total. The van der Waals surface area contributed by atoms with Crippen LogP contribution in [0.25, 0.3) is 0 Å². The number of aliphatic hydroxyl groups is 1. The van der Waals surface area contributed by atoms with Crippen LogP contribution in [0.2, 0.25) is 0 Å². The molecule has 1 atom stereocenters. The van der Waals surface area contributed by atoms with Crippen molar-refractivity contribution in [1.82, 2.24) is 0 Å². The smallest absolute Gasteiger partial charge is 0.118 e. The Kier molecular flexibility index (Phi) is 2.67. The number of benzene rings is 1. The van der Waals surface area contributed by atoms with Gasteiger partial charge in [0.1, 0.15) is 11.4 Å². The standard InChI is InChI=1S/C12H17NO2/c1-15-11-6-4-10(5-7-11)12(14,8-13)9-2-3-9/h4-7,9,14H,2-3,8,13H2,1H3. The second kappa shape index (κ2) is 3.83. The fraction of sp³-hybridized carbons (Fsp3) is 0.500. The van der Waals surface area contributed by atoms with Crippen LogP contribution in [0.15, 0.2) is 24.3 Å². The van der Waals surface area contributed by atoms with Crippen LogP contribution >= 0.6 is 0 Å². The Morgan fingerprint density at radius 3 is 2.40 bits per heavy atom. The first-order valence-electron chi connectivity index (χ1n) is 5.27. The molecule has 15 heavy (non-hydrogen) atoms. The Bertz CT molecular complexity index is 332. The molecule has 1 aromatic rings. The van der Waals surface area contributed by atoms with E-state index >= 15 is 0 Å². The highest BCUT2D eigenvalue weighted by atomic mass is 16.5. The molecule has 1 aromatic carbocycles. The number of ether oxygens (including phenoxy) is 1. The van der Waals surface area contributed by atoms with E-state index in [9.17, 15) is 5.11 Å². The zero-order valence-electron chi connectivity index (χ0n) is 8.94. The van der Waals surface area contributed by atoms with Crippen molar-refractivity contribution in [2.45, 2.75) is 18.4 Å². The Morgan fingerprint density at radius 2 is 2.00 bits per heavy atom. The van der Waals surface area contributed by atoms with Crippen molar-refractivity contribution >= 4 is 0 Å². The van der Waals surface area contributed by atoms with Gasteiger partial charge in [0.15, 0.2) is 0 Å². The maximum atomic E-state index is 10.4. The first-order valence-corrected chi connectivity index (χ1v) is 5.27. The third-order valence-electron chi connectivity index (χ3n) is 3.15. The van der Waals surface area contributed by atoms with Gasteiger partial charge in [-0.25, -0.2) is 0 Å². The molecule has 0 aromatic heterocycles. The lowest BCUT2D eigenvalue weighted by Gasteiger charge is -2.27. The van der Waals surface area contributed by atoms with Crippen LogP contribution in [0, 0.1) is 5.92 Å². The van der Waals surface area contributed by atoms with E-state index in [1.807, 2.05) is 24.3 Å². The zero-order valence-corrected chi connectivity index (χ0v) is 8.94. The number of methoxy groups -OCH3 is 1. The molecule has 3 N–H and O–H groups in total. The lowest BCUT2D eigenvalue weighted by atomic mass is 9.89. The minimum atomic E-state index is -0.841. The van der Waals surface area contributed by atoms with Gasteiger partial charge in [-0.05, 0) is 36.5 Å². The summed E-state index contributed by atoms with van der Waals surface area (Å²) in [5.74, 6) is 1.13. The van der Waals surface area contributed by atoms with Crippen LogP contribution in [-0.4, -0.2) is 18.8 Å². The van der Waals surface area contributed by atoms with E-state index in [1.54, 1.807) is 7.11 Å². The Morgan fingerprint density at radius 1 is 1.40 bits per heavy atom. The highest BCUT2D eigenvalue weighted by molar-refractivity contribution is 5.32. The molecule has 0 bridgehead atoms. The van der Waals surface area contributed by atoms with E-state index in [1.165, 1.54) is 0 Å². The molecule has 1 fully saturated rings. The highest BCUT2D eigenvalue weighted by Gasteiger charge is 2.43. The minimum absolute atomic E-state index is 0.282. The molecule has 1 aliphatic carbocycles. The van der Waals surface area contributed by atoms with Crippen molar-refractivity contribution < 1.29 is 9.84 Å². The number of nitrogens with two attached hydrogens (primary N) is 1. The van der Waals surface area contributed by atoms with Crippen molar-refractivity contribution in [2.75, 3.05) is 13.7 Å². The van der Waals surface area contributed by atoms with E-state index in [2.05, 4.69) is 0 Å². The van der Waals surface area contributed by atoms with Gasteiger partial charge in [0.05, 0.1) is 7.11 Å². The van der Waals surface area contributed by atoms with Crippen LogP contribution in [0.5, 0.6) is 5.75 Å². The second-order valence-electron chi connectivity index (χ2n) is 4.13. The van der Waals surface area contributed by atoms with Gasteiger partial charge in [-0.3, -0.25) is 0 Å². The molecular formula is C12H17NO2. The fourth-order valence-corrected chi connectivity index (χ4v) is 1.96. The summed E-state index contributed by atoms with van der Waals surface area (Å²) in [6.07, 6.45) is 2.14. The summed E-state index contributed by atoms with van der Waals surface area (Å²) in [4.78, 5) is 0. The van der Waals surface area contributed by atoms with Crippen LogP contribution < -0.4 is 10.5 Å². The van der Waals surface area contributed by atoms with Gasteiger partial charge < -0.3 is 15.6 Å². The van der Waals surface area contributed by atoms with E-state index < -0.39 is 5.60 Å². The fourth-order valence-electron chi connectivity index (χ4n) is 1.96. The molecule has 0 radical (unpaired) electrons. The van der Waals surface area contributed by atoms with E-state index in [0.717, 1.165) is 24.2 Å². The summed E-state index contributed by atoms with van der Waals surface area (Å²) < 4.78 is 5.08. The lowest BCUT2D eigenvalue weighted by molar-refractivity contribution is 0.0222. The van der Waals surface area contributed by atoms with Crippen molar-refractivity contribution in [3.05, 3.63) is 29.8 Å². The number of hydrogen-bond acceptors (Lipinski definition) is 3. The van der Waals surface area contributed by atoms with Gasteiger partial charge in [0, 0.05) is 6.54 Å². The van der Waals surface area contributed by atoms with Crippen LogP contribution in [-0.2, 0) is 5.60 Å². The maximum Gasteiger partial charge on any atom is 0.118 e. The van der Waals surface area contributed by atoms with Gasteiger partial charge in [-0.1, -0.05) is 12.1 Å². The summed E-state index contributed by atoms with van der Waals surface area (Å²) in [7, 11) is 1.63. The van der Waals surface area contributed by atoms with Crippen molar-refractivity contribution in [3.63, 3.8) is 0 Å². The predicted octanol–water partition coefficient (Wildman–Crippen LogP) is 1.25. The van der Waals surface area contributed by atoms with Crippen LogP contribution in [0.4, 0.5) is 0 Å². The normalized spacial score (nSPS) is 19.7. The lowest BCUT2D eigenvalue weighted by Crippen LogP contribution is -2.37. The molecule has 1 unspecified atom stereocenters. The van der Waals surface area contributed by atoms with Gasteiger partial charge in [0.2, 0.25) is 0 Å². The predicted molar refractivity (Wildman–Crippen MR) is 58.7 cm³/mol. The quantitative estimate of drug-likeness (QED) is 0.781. The van der Waals surface area contributed by atoms with E-state index in [4.69, 9.17) is 10.5 Å². The monoisotopic (exact) mass is 207 g/mol. The molecule has 82 valence electrons. The average molecular weight is 207 g/mol. The molecule has 0 aliphatic heterocycles. The maximum absolute atomic E-state index is 10.4. The minimum Gasteiger partial charge on any atom is -0.497 e. The van der Waals surface area contributed by atoms with Gasteiger partial charge in [0.25, 0.3) is 0 Å². The molecule has 2 rings (SSSR count). The third-order valence-corrected chi connectivity index (χ3v) is 3.15. The molecular weight excluding hydrogens is 190 g/mol. The van der Waals surface area contributed by atoms with Gasteiger partial charge >= 0.3 is 0 Å². The second-order valence-corrected chi connectivity index (χ2v) is 4.13. The zero-order chi connectivity index (χ0) is 10.9. The topological polar surface area (TPSA) is 55.5 Å². The SMILES string of the molecule is COc1ccc(C(O)(CN)C2CC2)cc1. The summed E-state index contributed by atoms with van der Waals surface area (Å²) in [5.41, 5.74) is 5.72. The third kappa shape index (κ3) is 1.85. The molecule has 0 amide bonds. The first-order chi connectivity index (χ1) is 7.20. The van der Waals surface area contributed by atoms with E-state index in [0.29, 0.717) is 5.92 Å². The van der Waals surface area contributed by atoms with Gasteiger partial charge in [-0.2, -0.15) is 0 Å². The van der Waals surface area contributed by atoms with Gasteiger partial charge in [-0.15, -0.1) is 0 Å². The Labute approximate surface area is 89.9 Å². The molecule has 1 saturated carbocycles. The highest BCUT2D eigenvalue weighted by Crippen LogP contribution is 2.45. The molecule has 1 aliphatic rings. The Hall–Kier alpha value is -1.06. The summed E-state index contributed by atoms with van der Waals surface area (Å²) in [6.45, 7) is 0.282. The average Bonchev–Trinajstić information content (AvgIpc) is 3.12. The van der Waals surface area contributed by atoms with Crippen molar-refractivity contribution in [3.8, 4) is 5.75 Å². The first kappa shape index (κ1) is 10.5. The number of rotatable bonds is 4. The molecule has 0 heterocycles. The summed E-state index contributed by atoms with van der Waals surface area (Å²) >= 11 is 0. The molecule has 0 spiro atoms. The molecule has 0 saturated heterocycles. The largest absolute Gasteiger partial charge is 0.497 e. The summed E-state index contributed by atoms with van der Waals surface area (Å²) in [5, 5.41) is 10.4. The summed E-state index contributed by atoms with van der Waals surface area (Å²) in [6, 6.07) is 7.50. The van der Waals surface area contributed by atoms with Crippen molar-refractivity contribution in [1.29, 1.82) is 0 Å². The van der Waals surface area contributed by atoms with Crippen molar-refractivity contribution in [2.24, 2.45) is 11.7 Å². The van der Waals surface area contributed by atoms with E-state index in [-0.39, 0.29) is 6.54 Å². The van der Waals surface area contributed by atoms with Crippen LogP contribution in [0.1, 0.15) is 18.4 Å².